The van der Waals surface area contributed by atoms with Crippen LogP contribution in [0.5, 0.6) is 5.75 Å². The van der Waals surface area contributed by atoms with Gasteiger partial charge in [0.05, 0.1) is 6.10 Å². The summed E-state index contributed by atoms with van der Waals surface area (Å²) in [5.74, 6) is 0.982. The van der Waals surface area contributed by atoms with E-state index < -0.39 is 8.32 Å². The van der Waals surface area contributed by atoms with Crippen molar-refractivity contribution in [2.24, 2.45) is 0 Å². The lowest BCUT2D eigenvalue weighted by atomic mass is 10.1. The first kappa shape index (κ1) is 17.2. The fourth-order valence-electron chi connectivity index (χ4n) is 1.77. The third-order valence-electron chi connectivity index (χ3n) is 4.19. The molecule has 0 radical (unpaired) electrons. The van der Waals surface area contributed by atoms with E-state index in [0.29, 0.717) is 0 Å². The van der Waals surface area contributed by atoms with Crippen molar-refractivity contribution in [1.82, 2.24) is 0 Å². The third-order valence-corrected chi connectivity index (χ3v) is 8.55. The number of benzene rings is 1. The largest absolute Gasteiger partial charge is 0.544 e. The second kappa shape index (κ2) is 6.77. The van der Waals surface area contributed by atoms with Crippen molar-refractivity contribution in [2.75, 3.05) is 0 Å². The minimum atomic E-state index is -1.74. The number of rotatable bonds is 6. The van der Waals surface area contributed by atoms with Crippen LogP contribution in [-0.4, -0.2) is 19.5 Å². The van der Waals surface area contributed by atoms with Crippen molar-refractivity contribution in [3.05, 3.63) is 29.8 Å². The molecule has 0 fully saturated rings. The van der Waals surface area contributed by atoms with Crippen LogP contribution < -0.4 is 4.43 Å². The Labute approximate surface area is 125 Å². The Balaban J connectivity index is 2.59. The van der Waals surface area contributed by atoms with Crippen molar-refractivity contribution < 1.29 is 9.53 Å². The van der Waals surface area contributed by atoms with Gasteiger partial charge in [-0.25, -0.2) is 0 Å². The number of aryl methyl sites for hydroxylation is 1. The van der Waals surface area contributed by atoms with E-state index >= 15 is 0 Å². The molecule has 114 valence electrons. The van der Waals surface area contributed by atoms with Crippen LogP contribution in [0.15, 0.2) is 24.3 Å². The second-order valence-corrected chi connectivity index (χ2v) is 12.0. The van der Waals surface area contributed by atoms with Gasteiger partial charge in [-0.15, -0.1) is 0 Å². The standard InChI is InChI=1S/C17H30O2Si/c1-14(18)8-7-9-15-10-12-16(13-11-15)19-20(5,6)17(2,3)4/h10-14,18H,7-9H2,1-6H3. The highest BCUT2D eigenvalue weighted by atomic mass is 28.4. The molecule has 1 rings (SSSR count). The van der Waals surface area contributed by atoms with E-state index in [1.54, 1.807) is 0 Å². The molecular weight excluding hydrogens is 264 g/mol. The van der Waals surface area contributed by atoms with Gasteiger partial charge in [-0.3, -0.25) is 0 Å². The van der Waals surface area contributed by atoms with Gasteiger partial charge in [-0.1, -0.05) is 32.9 Å². The SMILES string of the molecule is CC(O)CCCc1ccc(O[Si](C)(C)C(C)(C)C)cc1. The zero-order valence-corrected chi connectivity index (χ0v) is 14.9. The molecule has 0 aliphatic heterocycles. The summed E-state index contributed by atoms with van der Waals surface area (Å²) >= 11 is 0. The fourth-order valence-corrected chi connectivity index (χ4v) is 2.81. The maximum absolute atomic E-state index is 9.26. The van der Waals surface area contributed by atoms with Gasteiger partial charge in [-0.2, -0.15) is 0 Å². The summed E-state index contributed by atoms with van der Waals surface area (Å²) in [6, 6.07) is 8.45. The van der Waals surface area contributed by atoms with Crippen LogP contribution in [0.3, 0.4) is 0 Å². The minimum absolute atomic E-state index is 0.198. The summed E-state index contributed by atoms with van der Waals surface area (Å²) in [5.41, 5.74) is 1.31. The molecule has 1 aromatic rings. The zero-order valence-electron chi connectivity index (χ0n) is 13.9. The van der Waals surface area contributed by atoms with Gasteiger partial charge in [0.25, 0.3) is 0 Å². The van der Waals surface area contributed by atoms with Gasteiger partial charge >= 0.3 is 0 Å². The molecule has 0 heterocycles. The van der Waals surface area contributed by atoms with E-state index in [0.717, 1.165) is 25.0 Å². The molecule has 3 heteroatoms. The molecule has 0 saturated carbocycles. The van der Waals surface area contributed by atoms with E-state index in [1.165, 1.54) is 5.56 Å². The predicted octanol–water partition coefficient (Wildman–Crippen LogP) is 4.77. The number of hydrogen-bond donors (Lipinski definition) is 1. The lowest BCUT2D eigenvalue weighted by molar-refractivity contribution is 0.182. The second-order valence-electron chi connectivity index (χ2n) is 7.25. The molecule has 0 spiro atoms. The van der Waals surface area contributed by atoms with E-state index in [1.807, 2.05) is 6.92 Å². The highest BCUT2D eigenvalue weighted by Gasteiger charge is 2.38. The Hall–Kier alpha value is -0.803. The first-order valence-corrected chi connectivity index (χ1v) is 10.5. The summed E-state index contributed by atoms with van der Waals surface area (Å²) in [6.07, 6.45) is 2.71. The smallest absolute Gasteiger partial charge is 0.250 e. The van der Waals surface area contributed by atoms with Crippen LogP contribution in [0, 0.1) is 0 Å². The average molecular weight is 295 g/mol. The van der Waals surface area contributed by atoms with Crippen LogP contribution in [0.2, 0.25) is 18.1 Å². The van der Waals surface area contributed by atoms with Gasteiger partial charge in [0.1, 0.15) is 5.75 Å². The molecule has 20 heavy (non-hydrogen) atoms. The highest BCUT2D eigenvalue weighted by Crippen LogP contribution is 2.37. The molecule has 0 amide bonds. The maximum Gasteiger partial charge on any atom is 0.250 e. The van der Waals surface area contributed by atoms with Crippen LogP contribution in [0.25, 0.3) is 0 Å². The lowest BCUT2D eigenvalue weighted by Crippen LogP contribution is -2.43. The first-order valence-electron chi connectivity index (χ1n) is 7.58. The van der Waals surface area contributed by atoms with Gasteiger partial charge in [0, 0.05) is 0 Å². The summed E-state index contributed by atoms with van der Waals surface area (Å²) in [6.45, 7) is 13.1. The molecule has 0 saturated heterocycles. The van der Waals surface area contributed by atoms with Crippen molar-refractivity contribution >= 4 is 8.32 Å². The van der Waals surface area contributed by atoms with Crippen LogP contribution in [-0.2, 0) is 6.42 Å². The van der Waals surface area contributed by atoms with Crippen LogP contribution >= 0.6 is 0 Å². The van der Waals surface area contributed by atoms with Crippen LogP contribution in [0.1, 0.15) is 46.1 Å². The molecule has 1 atom stereocenters. The quantitative estimate of drug-likeness (QED) is 0.765. The summed E-state index contributed by atoms with van der Waals surface area (Å²) < 4.78 is 6.26. The van der Waals surface area contributed by atoms with E-state index in [-0.39, 0.29) is 11.1 Å². The Morgan fingerprint density at radius 2 is 1.70 bits per heavy atom. The third kappa shape index (κ3) is 5.29. The van der Waals surface area contributed by atoms with Crippen molar-refractivity contribution in [3.8, 4) is 5.75 Å². The van der Waals surface area contributed by atoms with E-state index in [9.17, 15) is 5.11 Å². The van der Waals surface area contributed by atoms with Crippen molar-refractivity contribution in [3.63, 3.8) is 0 Å². The Morgan fingerprint density at radius 1 is 1.15 bits per heavy atom. The number of aliphatic hydroxyl groups excluding tert-OH is 1. The van der Waals surface area contributed by atoms with E-state index in [2.05, 4.69) is 58.1 Å². The van der Waals surface area contributed by atoms with Gasteiger partial charge in [0.2, 0.25) is 8.32 Å². The average Bonchev–Trinajstić information content (AvgIpc) is 2.29. The lowest BCUT2D eigenvalue weighted by Gasteiger charge is -2.36. The van der Waals surface area contributed by atoms with Crippen LogP contribution in [0.4, 0.5) is 0 Å². The van der Waals surface area contributed by atoms with Gasteiger partial charge in [0.15, 0.2) is 0 Å². The molecule has 1 unspecified atom stereocenters. The monoisotopic (exact) mass is 294 g/mol. The van der Waals surface area contributed by atoms with Gasteiger partial charge in [-0.05, 0) is 62.0 Å². The zero-order chi connectivity index (χ0) is 15.4. The van der Waals surface area contributed by atoms with E-state index in [4.69, 9.17) is 4.43 Å². The highest BCUT2D eigenvalue weighted by molar-refractivity contribution is 6.74. The molecule has 0 aliphatic rings. The van der Waals surface area contributed by atoms with Crippen molar-refractivity contribution in [2.45, 2.75) is 71.2 Å². The predicted molar refractivity (Wildman–Crippen MR) is 88.9 cm³/mol. The molecule has 0 aromatic heterocycles. The normalized spacial score (nSPS) is 14.2. The molecule has 0 aliphatic carbocycles. The molecular formula is C17H30O2Si. The molecule has 1 N–H and O–H groups in total. The molecule has 1 aromatic carbocycles. The first-order chi connectivity index (χ1) is 9.12. The Morgan fingerprint density at radius 3 is 2.15 bits per heavy atom. The molecule has 2 nitrogen and oxygen atoms in total. The fraction of sp³-hybridized carbons (Fsp3) is 0.647. The topological polar surface area (TPSA) is 29.5 Å². The number of aliphatic hydroxyl groups is 1. The number of hydrogen-bond acceptors (Lipinski definition) is 2. The summed E-state index contributed by atoms with van der Waals surface area (Å²) in [5, 5.41) is 9.49. The van der Waals surface area contributed by atoms with Crippen molar-refractivity contribution in [1.29, 1.82) is 0 Å². The Bertz CT molecular complexity index is 402. The summed E-state index contributed by atoms with van der Waals surface area (Å²) in [4.78, 5) is 0. The maximum atomic E-state index is 9.26. The Kier molecular flexibility index (Phi) is 5.84. The minimum Gasteiger partial charge on any atom is -0.544 e. The molecule has 0 bridgehead atoms. The summed E-state index contributed by atoms with van der Waals surface area (Å²) in [7, 11) is -1.74. The van der Waals surface area contributed by atoms with Gasteiger partial charge < -0.3 is 9.53 Å².